The summed E-state index contributed by atoms with van der Waals surface area (Å²) in [6.07, 6.45) is -0.621. The highest BCUT2D eigenvalue weighted by atomic mass is 127. The average Bonchev–Trinajstić information content (AvgIpc) is 2.74. The number of hydrogen-bond donors (Lipinski definition) is 0. The van der Waals surface area contributed by atoms with E-state index >= 15 is 0 Å². The standard InChI is InChI=1S/C12H19IO5/c1-11(2)15-7(5-13)9(17-11)10-8(6-14)16-12(3,4)18-10/h6-10H,5H2,1-4H3/t7-,8+,9-,10-/m1/s1. The molecule has 0 aromatic rings. The van der Waals surface area contributed by atoms with Crippen molar-refractivity contribution in [1.82, 2.24) is 0 Å². The number of carbonyl (C=O) groups is 1. The first kappa shape index (κ1) is 14.6. The van der Waals surface area contributed by atoms with Crippen LogP contribution in [0.2, 0.25) is 0 Å². The van der Waals surface area contributed by atoms with Gasteiger partial charge in [0.15, 0.2) is 17.9 Å². The molecule has 0 unspecified atom stereocenters. The molecular formula is C12H19IO5. The van der Waals surface area contributed by atoms with Gasteiger partial charge in [-0.1, -0.05) is 22.6 Å². The van der Waals surface area contributed by atoms with Gasteiger partial charge in [0, 0.05) is 4.43 Å². The van der Waals surface area contributed by atoms with E-state index in [1.54, 1.807) is 13.8 Å². The van der Waals surface area contributed by atoms with E-state index in [1.165, 1.54) is 0 Å². The third-order valence-corrected chi connectivity index (χ3v) is 3.86. The highest BCUT2D eigenvalue weighted by Crippen LogP contribution is 2.38. The minimum atomic E-state index is -0.762. The van der Waals surface area contributed by atoms with Crippen LogP contribution in [0, 0.1) is 0 Å². The van der Waals surface area contributed by atoms with Crippen molar-refractivity contribution < 1.29 is 23.7 Å². The molecule has 0 aromatic carbocycles. The first-order valence-corrected chi connectivity index (χ1v) is 7.53. The maximum Gasteiger partial charge on any atom is 0.164 e. The van der Waals surface area contributed by atoms with E-state index in [9.17, 15) is 4.79 Å². The van der Waals surface area contributed by atoms with E-state index < -0.39 is 23.8 Å². The Hall–Kier alpha value is 0.240. The van der Waals surface area contributed by atoms with E-state index in [0.29, 0.717) is 0 Å². The van der Waals surface area contributed by atoms with Crippen LogP contribution in [-0.4, -0.2) is 46.7 Å². The van der Waals surface area contributed by atoms with Crippen LogP contribution < -0.4 is 0 Å². The third kappa shape index (κ3) is 2.87. The maximum absolute atomic E-state index is 11.1. The molecule has 6 heteroatoms. The number of hydrogen-bond acceptors (Lipinski definition) is 5. The van der Waals surface area contributed by atoms with Gasteiger partial charge in [-0.3, -0.25) is 0 Å². The van der Waals surface area contributed by atoms with Crippen LogP contribution in [0.4, 0.5) is 0 Å². The molecule has 2 aliphatic rings. The summed E-state index contributed by atoms with van der Waals surface area (Å²) in [5, 5.41) is 0. The van der Waals surface area contributed by atoms with Crippen molar-refractivity contribution in [2.75, 3.05) is 4.43 Å². The normalized spacial score (nSPS) is 42.1. The van der Waals surface area contributed by atoms with Gasteiger partial charge in [0.25, 0.3) is 0 Å². The van der Waals surface area contributed by atoms with Gasteiger partial charge in [-0.25, -0.2) is 0 Å². The van der Waals surface area contributed by atoms with E-state index in [-0.39, 0.29) is 12.2 Å². The Morgan fingerprint density at radius 2 is 1.56 bits per heavy atom. The molecule has 0 aliphatic carbocycles. The topological polar surface area (TPSA) is 54.0 Å². The molecular weight excluding hydrogens is 351 g/mol. The summed E-state index contributed by atoms with van der Waals surface area (Å²) in [6, 6.07) is 0. The van der Waals surface area contributed by atoms with Gasteiger partial charge < -0.3 is 23.7 Å². The Labute approximate surface area is 121 Å². The van der Waals surface area contributed by atoms with E-state index in [1.807, 2.05) is 13.8 Å². The molecule has 2 saturated heterocycles. The SMILES string of the molecule is CC1(C)O[C@@H]([C@@H]2OC(C)(C)O[C@@H]2CI)[C@H](C=O)O1. The molecule has 0 amide bonds. The average molecular weight is 370 g/mol. The highest BCUT2D eigenvalue weighted by Gasteiger charge is 2.53. The maximum atomic E-state index is 11.1. The molecule has 5 nitrogen and oxygen atoms in total. The fourth-order valence-electron chi connectivity index (χ4n) is 2.44. The number of alkyl halides is 1. The minimum absolute atomic E-state index is 0.0921. The quantitative estimate of drug-likeness (QED) is 0.430. The Balaban J connectivity index is 2.17. The Morgan fingerprint density at radius 1 is 1.00 bits per heavy atom. The third-order valence-electron chi connectivity index (χ3n) is 3.00. The molecule has 0 radical (unpaired) electrons. The summed E-state index contributed by atoms with van der Waals surface area (Å²) in [6.45, 7) is 7.32. The fraction of sp³-hybridized carbons (Fsp3) is 0.917. The first-order valence-electron chi connectivity index (χ1n) is 6.00. The molecule has 0 N–H and O–H groups in total. The zero-order valence-electron chi connectivity index (χ0n) is 11.0. The fourth-order valence-corrected chi connectivity index (χ4v) is 3.12. The van der Waals surface area contributed by atoms with E-state index in [0.717, 1.165) is 10.7 Å². The molecule has 4 atom stereocenters. The monoisotopic (exact) mass is 370 g/mol. The summed E-state index contributed by atoms with van der Waals surface area (Å²) >= 11 is 2.25. The van der Waals surface area contributed by atoms with Crippen molar-refractivity contribution >= 4 is 28.9 Å². The van der Waals surface area contributed by atoms with Crippen molar-refractivity contribution in [3.63, 3.8) is 0 Å². The Morgan fingerprint density at radius 3 is 2.11 bits per heavy atom. The molecule has 2 fully saturated rings. The number of carbonyl (C=O) groups excluding carboxylic acids is 1. The Bertz CT molecular complexity index is 330. The largest absolute Gasteiger partial charge is 0.344 e. The minimum Gasteiger partial charge on any atom is -0.344 e. The second-order valence-corrected chi connectivity index (χ2v) is 6.37. The van der Waals surface area contributed by atoms with E-state index in [2.05, 4.69) is 22.6 Å². The molecule has 2 heterocycles. The Kier molecular flexibility index (Phi) is 4.05. The zero-order valence-corrected chi connectivity index (χ0v) is 13.2. The molecule has 104 valence electrons. The lowest BCUT2D eigenvalue weighted by Crippen LogP contribution is -2.43. The van der Waals surface area contributed by atoms with Crippen molar-refractivity contribution in [1.29, 1.82) is 0 Å². The van der Waals surface area contributed by atoms with Gasteiger partial charge in [-0.15, -0.1) is 0 Å². The van der Waals surface area contributed by atoms with Gasteiger partial charge in [-0.2, -0.15) is 0 Å². The lowest BCUT2D eigenvalue weighted by Gasteiger charge is -2.24. The first-order chi connectivity index (χ1) is 8.28. The lowest BCUT2D eigenvalue weighted by atomic mass is 10.1. The van der Waals surface area contributed by atoms with Crippen molar-refractivity contribution in [3.05, 3.63) is 0 Å². The number of aldehydes is 1. The molecule has 0 bridgehead atoms. The van der Waals surface area contributed by atoms with Gasteiger partial charge in [0.05, 0.1) is 6.10 Å². The van der Waals surface area contributed by atoms with Crippen LogP contribution in [0.1, 0.15) is 27.7 Å². The van der Waals surface area contributed by atoms with Gasteiger partial charge in [0.2, 0.25) is 0 Å². The van der Waals surface area contributed by atoms with Gasteiger partial charge in [0.1, 0.15) is 18.3 Å². The summed E-state index contributed by atoms with van der Waals surface area (Å²) < 4.78 is 23.8. The molecule has 2 rings (SSSR count). The summed E-state index contributed by atoms with van der Waals surface area (Å²) in [4.78, 5) is 11.1. The molecule has 2 aliphatic heterocycles. The second-order valence-electron chi connectivity index (χ2n) is 5.49. The zero-order chi connectivity index (χ0) is 13.6. The lowest BCUT2D eigenvalue weighted by molar-refractivity contribution is -0.175. The number of ether oxygens (including phenoxy) is 4. The van der Waals surface area contributed by atoms with Crippen molar-refractivity contribution in [2.24, 2.45) is 0 Å². The molecule has 0 spiro atoms. The molecule has 18 heavy (non-hydrogen) atoms. The van der Waals surface area contributed by atoms with Crippen molar-refractivity contribution in [3.8, 4) is 0 Å². The molecule has 0 saturated carbocycles. The molecule has 0 aromatic heterocycles. The van der Waals surface area contributed by atoms with Crippen LogP contribution in [0.25, 0.3) is 0 Å². The summed E-state index contributed by atoms with van der Waals surface area (Å²) in [5.41, 5.74) is 0. The van der Waals surface area contributed by atoms with Crippen molar-refractivity contribution in [2.45, 2.75) is 63.7 Å². The van der Waals surface area contributed by atoms with Crippen LogP contribution in [-0.2, 0) is 23.7 Å². The van der Waals surface area contributed by atoms with E-state index in [4.69, 9.17) is 18.9 Å². The predicted molar refractivity (Wildman–Crippen MR) is 72.6 cm³/mol. The van der Waals surface area contributed by atoms with Gasteiger partial charge >= 0.3 is 0 Å². The van der Waals surface area contributed by atoms with Crippen LogP contribution in [0.5, 0.6) is 0 Å². The number of rotatable bonds is 3. The summed E-state index contributed by atoms with van der Waals surface area (Å²) in [5.74, 6) is -1.41. The van der Waals surface area contributed by atoms with Crippen LogP contribution in [0.3, 0.4) is 0 Å². The van der Waals surface area contributed by atoms with Crippen LogP contribution in [0.15, 0.2) is 0 Å². The smallest absolute Gasteiger partial charge is 0.164 e. The van der Waals surface area contributed by atoms with Crippen LogP contribution >= 0.6 is 22.6 Å². The highest BCUT2D eigenvalue weighted by molar-refractivity contribution is 14.1. The van der Waals surface area contributed by atoms with Gasteiger partial charge in [-0.05, 0) is 27.7 Å². The predicted octanol–water partition coefficient (Wildman–Crippen LogP) is 1.66. The summed E-state index contributed by atoms with van der Waals surface area (Å²) in [7, 11) is 0. The number of halogens is 1. The second kappa shape index (κ2) is 4.97.